The van der Waals surface area contributed by atoms with E-state index >= 15 is 0 Å². The average molecular weight is 373 g/mol. The summed E-state index contributed by atoms with van der Waals surface area (Å²) in [5.41, 5.74) is 11.2. The lowest BCUT2D eigenvalue weighted by molar-refractivity contribution is 0.0986. The van der Waals surface area contributed by atoms with Gasteiger partial charge in [-0.15, -0.1) is 11.3 Å². The van der Waals surface area contributed by atoms with Gasteiger partial charge in [-0.05, 0) is 49.6 Å². The summed E-state index contributed by atoms with van der Waals surface area (Å²) in [7, 11) is 0. The van der Waals surface area contributed by atoms with Crippen LogP contribution in [-0.2, 0) is 6.42 Å². The van der Waals surface area contributed by atoms with Gasteiger partial charge in [0.05, 0.1) is 11.2 Å². The van der Waals surface area contributed by atoms with E-state index in [1.807, 2.05) is 29.2 Å². The topological polar surface area (TPSA) is 59.2 Å². The van der Waals surface area contributed by atoms with Crippen molar-refractivity contribution >= 4 is 49.7 Å². The first-order valence-electron chi connectivity index (χ1n) is 9.04. The van der Waals surface area contributed by atoms with Gasteiger partial charge < -0.3 is 10.6 Å². The molecule has 0 aliphatic carbocycles. The van der Waals surface area contributed by atoms with E-state index in [1.54, 1.807) is 0 Å². The van der Waals surface area contributed by atoms with Crippen molar-refractivity contribution in [1.82, 2.24) is 4.98 Å². The molecule has 0 bridgehead atoms. The zero-order chi connectivity index (χ0) is 18.7. The van der Waals surface area contributed by atoms with Crippen LogP contribution < -0.4 is 10.6 Å². The molecule has 27 heavy (non-hydrogen) atoms. The number of aromatic nitrogens is 1. The lowest BCUT2D eigenvalue weighted by Gasteiger charge is -2.22. The molecule has 0 saturated heterocycles. The minimum absolute atomic E-state index is 0.0341. The summed E-state index contributed by atoms with van der Waals surface area (Å²) in [6.45, 7) is 4.13. The molecule has 2 aromatic carbocycles. The van der Waals surface area contributed by atoms with E-state index in [0.717, 1.165) is 38.8 Å². The van der Waals surface area contributed by atoms with Crippen LogP contribution in [0.5, 0.6) is 0 Å². The molecule has 0 saturated carbocycles. The Hall–Kier alpha value is -2.92. The number of aryl methyl sites for hydroxylation is 1. The third kappa shape index (κ3) is 2.42. The molecule has 1 atom stereocenters. The number of nitrogens with zero attached hydrogens (tertiary/aromatic N) is 2. The number of fused-ring (bicyclic) bond motifs is 3. The second-order valence-electron chi connectivity index (χ2n) is 7.24. The fourth-order valence-corrected chi connectivity index (χ4v) is 4.97. The average Bonchev–Trinajstić information content (AvgIpc) is 3.15. The van der Waals surface area contributed by atoms with E-state index in [2.05, 4.69) is 38.1 Å². The van der Waals surface area contributed by atoms with Crippen LogP contribution >= 0.6 is 11.3 Å². The highest BCUT2D eigenvalue weighted by atomic mass is 32.1. The highest BCUT2D eigenvalue weighted by molar-refractivity contribution is 7.21. The monoisotopic (exact) mass is 373 g/mol. The van der Waals surface area contributed by atoms with Crippen molar-refractivity contribution in [1.29, 1.82) is 0 Å². The summed E-state index contributed by atoms with van der Waals surface area (Å²) >= 11 is 1.39. The Kier molecular flexibility index (Phi) is 3.49. The Morgan fingerprint density at radius 1 is 1.22 bits per heavy atom. The second kappa shape index (κ2) is 5.79. The van der Waals surface area contributed by atoms with Gasteiger partial charge in [-0.25, -0.2) is 4.98 Å². The maximum atomic E-state index is 13.4. The standard InChI is InChI=1S/C22H19N3OS/c1-12-7-8-14-11-16-19(23)20(27-21(16)24-17(14)9-12)22(26)25-13(2)10-15-5-3-4-6-18(15)25/h3-9,11,13H,10,23H2,1-2H3/t13-/m0/s1. The summed E-state index contributed by atoms with van der Waals surface area (Å²) in [5, 5.41) is 1.90. The first-order chi connectivity index (χ1) is 13.0. The smallest absolute Gasteiger partial charge is 0.270 e. The number of pyridine rings is 1. The molecule has 3 heterocycles. The van der Waals surface area contributed by atoms with Gasteiger partial charge in [-0.2, -0.15) is 0 Å². The Bertz CT molecular complexity index is 1230. The molecular formula is C22H19N3OS. The molecule has 4 aromatic rings. The Morgan fingerprint density at radius 2 is 2.04 bits per heavy atom. The summed E-state index contributed by atoms with van der Waals surface area (Å²) in [6.07, 6.45) is 0.869. The Labute approximate surface area is 161 Å². The Morgan fingerprint density at radius 3 is 2.89 bits per heavy atom. The van der Waals surface area contributed by atoms with E-state index < -0.39 is 0 Å². The number of thiophene rings is 1. The normalized spacial score (nSPS) is 16.2. The molecule has 0 fully saturated rings. The van der Waals surface area contributed by atoms with Crippen LogP contribution in [0.2, 0.25) is 0 Å². The zero-order valence-electron chi connectivity index (χ0n) is 15.2. The number of rotatable bonds is 1. The van der Waals surface area contributed by atoms with Gasteiger partial charge in [0.1, 0.15) is 9.71 Å². The molecule has 2 aromatic heterocycles. The summed E-state index contributed by atoms with van der Waals surface area (Å²) in [6, 6.07) is 16.4. The Balaban J connectivity index is 1.65. The number of carbonyl (C=O) groups is 1. The van der Waals surface area contributed by atoms with Gasteiger partial charge in [0.2, 0.25) is 0 Å². The van der Waals surface area contributed by atoms with Crippen LogP contribution in [0.15, 0.2) is 48.5 Å². The quantitative estimate of drug-likeness (QED) is 0.514. The van der Waals surface area contributed by atoms with Crippen molar-refractivity contribution in [2.24, 2.45) is 0 Å². The zero-order valence-corrected chi connectivity index (χ0v) is 16.0. The predicted molar refractivity (Wildman–Crippen MR) is 113 cm³/mol. The SMILES string of the molecule is Cc1ccc2cc3c(N)c(C(=O)N4c5ccccc5C[C@@H]4C)sc3nc2c1. The van der Waals surface area contributed by atoms with Crippen LogP contribution in [0.4, 0.5) is 11.4 Å². The van der Waals surface area contributed by atoms with Gasteiger partial charge in [-0.1, -0.05) is 30.3 Å². The first kappa shape index (κ1) is 16.3. The van der Waals surface area contributed by atoms with Crippen molar-refractivity contribution in [2.75, 3.05) is 10.6 Å². The third-order valence-electron chi connectivity index (χ3n) is 5.29. The number of hydrogen-bond donors (Lipinski definition) is 1. The number of benzene rings is 2. The molecule has 2 N–H and O–H groups in total. The number of anilines is 2. The molecule has 1 aliphatic rings. The lowest BCUT2D eigenvalue weighted by atomic mass is 10.1. The largest absolute Gasteiger partial charge is 0.397 e. The van der Waals surface area contributed by atoms with Crippen LogP contribution in [0.1, 0.15) is 27.7 Å². The molecule has 0 radical (unpaired) electrons. The number of nitrogens with two attached hydrogens (primary N) is 1. The van der Waals surface area contributed by atoms with Gasteiger partial charge >= 0.3 is 0 Å². The van der Waals surface area contributed by atoms with Gasteiger partial charge in [-0.3, -0.25) is 4.79 Å². The number of amides is 1. The summed E-state index contributed by atoms with van der Waals surface area (Å²) in [5.74, 6) is -0.0341. The number of nitrogen functional groups attached to an aromatic ring is 1. The highest BCUT2D eigenvalue weighted by Crippen LogP contribution is 2.39. The lowest BCUT2D eigenvalue weighted by Crippen LogP contribution is -2.35. The fraction of sp³-hybridized carbons (Fsp3) is 0.182. The molecule has 134 valence electrons. The molecule has 5 heteroatoms. The van der Waals surface area contributed by atoms with Crippen molar-refractivity contribution in [3.8, 4) is 0 Å². The van der Waals surface area contributed by atoms with Crippen LogP contribution in [0, 0.1) is 6.92 Å². The predicted octanol–water partition coefficient (Wildman–Crippen LogP) is 4.93. The second-order valence-corrected chi connectivity index (χ2v) is 8.24. The third-order valence-corrected chi connectivity index (χ3v) is 6.40. The molecule has 1 aliphatic heterocycles. The number of hydrogen-bond acceptors (Lipinski definition) is 4. The van der Waals surface area contributed by atoms with Gasteiger partial charge in [0.15, 0.2) is 0 Å². The molecular weight excluding hydrogens is 354 g/mol. The van der Waals surface area contributed by atoms with Crippen molar-refractivity contribution < 1.29 is 4.79 Å². The molecule has 4 nitrogen and oxygen atoms in total. The highest BCUT2D eigenvalue weighted by Gasteiger charge is 2.33. The summed E-state index contributed by atoms with van der Waals surface area (Å²) < 4.78 is 0. The number of carbonyl (C=O) groups excluding carboxylic acids is 1. The van der Waals surface area contributed by atoms with Gasteiger partial charge in [0.25, 0.3) is 5.91 Å². The van der Waals surface area contributed by atoms with Gasteiger partial charge in [0, 0.05) is 22.5 Å². The van der Waals surface area contributed by atoms with Crippen molar-refractivity contribution in [2.45, 2.75) is 26.3 Å². The minimum atomic E-state index is -0.0341. The van der Waals surface area contributed by atoms with E-state index in [9.17, 15) is 4.79 Å². The van der Waals surface area contributed by atoms with E-state index in [1.165, 1.54) is 16.9 Å². The molecule has 5 rings (SSSR count). The van der Waals surface area contributed by atoms with Crippen LogP contribution in [0.3, 0.4) is 0 Å². The minimum Gasteiger partial charge on any atom is -0.397 e. The van der Waals surface area contributed by atoms with Crippen LogP contribution in [0.25, 0.3) is 21.1 Å². The number of para-hydroxylation sites is 1. The maximum absolute atomic E-state index is 13.4. The van der Waals surface area contributed by atoms with Crippen LogP contribution in [-0.4, -0.2) is 16.9 Å². The van der Waals surface area contributed by atoms with Crippen molar-refractivity contribution in [3.63, 3.8) is 0 Å². The van der Waals surface area contributed by atoms with E-state index in [-0.39, 0.29) is 11.9 Å². The first-order valence-corrected chi connectivity index (χ1v) is 9.85. The van der Waals surface area contributed by atoms with Crippen molar-refractivity contribution in [3.05, 3.63) is 64.5 Å². The van der Waals surface area contributed by atoms with E-state index in [0.29, 0.717) is 10.6 Å². The molecule has 0 unspecified atom stereocenters. The fourth-order valence-electron chi connectivity index (χ4n) is 3.95. The maximum Gasteiger partial charge on any atom is 0.270 e. The molecule has 1 amide bonds. The summed E-state index contributed by atoms with van der Waals surface area (Å²) in [4.78, 5) is 21.4. The van der Waals surface area contributed by atoms with E-state index in [4.69, 9.17) is 10.7 Å². The molecule has 0 spiro atoms.